The predicted molar refractivity (Wildman–Crippen MR) is 86.8 cm³/mol. The lowest BCUT2D eigenvalue weighted by Gasteiger charge is -2.24. The molecular formula is C18H11F3N4O. The Balaban J connectivity index is 1.98. The molecular weight excluding hydrogens is 345 g/mol. The summed E-state index contributed by atoms with van der Waals surface area (Å²) in [6.45, 7) is 0. The van der Waals surface area contributed by atoms with E-state index in [2.05, 4.69) is 5.10 Å². The number of hydrogen-bond donors (Lipinski definition) is 2. The lowest BCUT2D eigenvalue weighted by atomic mass is 9.83. The first-order chi connectivity index (χ1) is 12.4. The van der Waals surface area contributed by atoms with Gasteiger partial charge in [-0.1, -0.05) is 42.5 Å². The lowest BCUT2D eigenvalue weighted by Crippen LogP contribution is -2.22. The van der Waals surface area contributed by atoms with E-state index in [9.17, 15) is 18.4 Å². The molecule has 0 bridgehead atoms. The average molecular weight is 356 g/mol. The van der Waals surface area contributed by atoms with Gasteiger partial charge >= 0.3 is 6.18 Å². The van der Waals surface area contributed by atoms with E-state index in [-0.39, 0.29) is 22.9 Å². The molecule has 0 radical (unpaired) electrons. The molecule has 0 amide bonds. The maximum Gasteiger partial charge on any atom is 0.433 e. The van der Waals surface area contributed by atoms with E-state index >= 15 is 0 Å². The molecule has 26 heavy (non-hydrogen) atoms. The van der Waals surface area contributed by atoms with Gasteiger partial charge in [0.25, 0.3) is 0 Å². The first kappa shape index (κ1) is 16.0. The number of halogens is 3. The van der Waals surface area contributed by atoms with Gasteiger partial charge < -0.3 is 10.5 Å². The Kier molecular flexibility index (Phi) is 3.40. The fourth-order valence-corrected chi connectivity index (χ4v) is 3.18. The predicted octanol–water partition coefficient (Wildman–Crippen LogP) is 3.80. The number of ether oxygens (including phenoxy) is 1. The smallest absolute Gasteiger partial charge is 0.420 e. The second kappa shape index (κ2) is 5.52. The van der Waals surface area contributed by atoms with E-state index in [0.29, 0.717) is 5.56 Å². The third kappa shape index (κ3) is 2.37. The minimum Gasteiger partial charge on any atom is -0.420 e. The largest absolute Gasteiger partial charge is 0.433 e. The first-order valence-corrected chi connectivity index (χ1v) is 7.62. The van der Waals surface area contributed by atoms with Crippen molar-refractivity contribution in [3.63, 3.8) is 0 Å². The molecule has 0 aliphatic carbocycles. The van der Waals surface area contributed by atoms with Gasteiger partial charge in [-0.3, -0.25) is 5.10 Å². The topological polar surface area (TPSA) is 87.7 Å². The molecule has 0 spiro atoms. The number of H-pyrrole nitrogens is 1. The van der Waals surface area contributed by atoms with Crippen LogP contribution in [0.5, 0.6) is 5.88 Å². The minimum absolute atomic E-state index is 0.0836. The molecule has 1 aliphatic rings. The van der Waals surface area contributed by atoms with E-state index in [1.54, 1.807) is 18.2 Å². The third-order valence-corrected chi connectivity index (χ3v) is 4.33. The van der Waals surface area contributed by atoms with Gasteiger partial charge in [0, 0.05) is 0 Å². The van der Waals surface area contributed by atoms with Crippen LogP contribution in [0, 0.1) is 11.3 Å². The molecule has 1 unspecified atom stereocenters. The number of alkyl halides is 3. The molecule has 130 valence electrons. The second-order valence-corrected chi connectivity index (χ2v) is 5.85. The molecule has 1 aliphatic heterocycles. The number of benzene rings is 2. The highest BCUT2D eigenvalue weighted by Crippen LogP contribution is 2.47. The fraction of sp³-hybridized carbons (Fsp3) is 0.111. The molecule has 3 aromatic rings. The van der Waals surface area contributed by atoms with Crippen molar-refractivity contribution in [3.05, 3.63) is 70.7 Å². The number of nitrogens with one attached hydrogen (secondary N) is 1. The van der Waals surface area contributed by atoms with Crippen molar-refractivity contribution in [2.24, 2.45) is 5.73 Å². The lowest BCUT2D eigenvalue weighted by molar-refractivity contribution is -0.141. The summed E-state index contributed by atoms with van der Waals surface area (Å²) >= 11 is 0. The van der Waals surface area contributed by atoms with Crippen molar-refractivity contribution < 1.29 is 17.9 Å². The highest BCUT2D eigenvalue weighted by atomic mass is 19.4. The number of rotatable bonds is 1. The van der Waals surface area contributed by atoms with Gasteiger partial charge in [-0.2, -0.15) is 18.4 Å². The summed E-state index contributed by atoms with van der Waals surface area (Å²) in [7, 11) is 0. The van der Waals surface area contributed by atoms with Gasteiger partial charge in [0.15, 0.2) is 0 Å². The van der Waals surface area contributed by atoms with Crippen LogP contribution in [-0.4, -0.2) is 10.2 Å². The Morgan fingerprint density at radius 3 is 2.58 bits per heavy atom. The summed E-state index contributed by atoms with van der Waals surface area (Å²) in [6, 6.07) is 14.5. The Bertz CT molecular complexity index is 1090. The standard InChI is InChI=1S/C18H11F3N4O/c19-18(20,21)15-14-13(12(8-22)16(23)26-17(14)25-24-15)11-6-5-9-3-1-2-4-10(9)7-11/h1-7,13H,23H2,(H,24,25). The Labute approximate surface area is 145 Å². The third-order valence-electron chi connectivity index (χ3n) is 4.33. The van der Waals surface area contributed by atoms with Gasteiger partial charge in [-0.15, -0.1) is 5.10 Å². The van der Waals surface area contributed by atoms with Gasteiger partial charge in [-0.05, 0) is 16.3 Å². The number of hydrogen-bond acceptors (Lipinski definition) is 4. The number of allylic oxidation sites excluding steroid dienone is 1. The van der Waals surface area contributed by atoms with E-state index in [1.807, 2.05) is 35.4 Å². The maximum absolute atomic E-state index is 13.4. The molecule has 0 saturated carbocycles. The van der Waals surface area contributed by atoms with Crippen LogP contribution < -0.4 is 10.5 Å². The Morgan fingerprint density at radius 2 is 1.88 bits per heavy atom. The number of aromatic nitrogens is 2. The van der Waals surface area contributed by atoms with Crippen LogP contribution in [0.4, 0.5) is 13.2 Å². The summed E-state index contributed by atoms with van der Waals surface area (Å²) in [4.78, 5) is 0. The number of aromatic amines is 1. The summed E-state index contributed by atoms with van der Waals surface area (Å²) < 4.78 is 45.4. The average Bonchev–Trinajstić information content (AvgIpc) is 3.03. The van der Waals surface area contributed by atoms with Crippen molar-refractivity contribution >= 4 is 10.8 Å². The van der Waals surface area contributed by atoms with Crippen LogP contribution in [-0.2, 0) is 6.18 Å². The van der Waals surface area contributed by atoms with E-state index < -0.39 is 17.8 Å². The van der Waals surface area contributed by atoms with Crippen molar-refractivity contribution in [3.8, 4) is 11.9 Å². The van der Waals surface area contributed by atoms with Gasteiger partial charge in [0.05, 0.1) is 11.5 Å². The van der Waals surface area contributed by atoms with E-state index in [0.717, 1.165) is 10.8 Å². The molecule has 4 rings (SSSR count). The van der Waals surface area contributed by atoms with Crippen molar-refractivity contribution in [2.45, 2.75) is 12.1 Å². The van der Waals surface area contributed by atoms with Gasteiger partial charge in [0.1, 0.15) is 17.3 Å². The number of nitrogens with two attached hydrogens (primary N) is 1. The fourth-order valence-electron chi connectivity index (χ4n) is 3.18. The summed E-state index contributed by atoms with van der Waals surface area (Å²) in [6.07, 6.45) is -4.67. The normalized spacial score (nSPS) is 16.9. The molecule has 2 aromatic carbocycles. The van der Waals surface area contributed by atoms with Crippen molar-refractivity contribution in [2.75, 3.05) is 0 Å². The zero-order chi connectivity index (χ0) is 18.5. The summed E-state index contributed by atoms with van der Waals surface area (Å²) in [5.74, 6) is -1.55. The van der Waals surface area contributed by atoms with Gasteiger partial charge in [0.2, 0.25) is 11.8 Å². The zero-order valence-corrected chi connectivity index (χ0v) is 13.1. The first-order valence-electron chi connectivity index (χ1n) is 7.62. The molecule has 1 atom stereocenters. The van der Waals surface area contributed by atoms with Crippen LogP contribution >= 0.6 is 0 Å². The minimum atomic E-state index is -4.67. The van der Waals surface area contributed by atoms with Crippen LogP contribution in [0.25, 0.3) is 10.8 Å². The Morgan fingerprint density at radius 1 is 1.15 bits per heavy atom. The Hall–Kier alpha value is -3.47. The van der Waals surface area contributed by atoms with Crippen LogP contribution in [0.3, 0.4) is 0 Å². The maximum atomic E-state index is 13.4. The molecule has 5 nitrogen and oxygen atoms in total. The molecule has 3 N–H and O–H groups in total. The van der Waals surface area contributed by atoms with E-state index in [4.69, 9.17) is 10.5 Å². The van der Waals surface area contributed by atoms with Gasteiger partial charge in [-0.25, -0.2) is 0 Å². The molecule has 2 heterocycles. The number of fused-ring (bicyclic) bond motifs is 2. The van der Waals surface area contributed by atoms with Crippen LogP contribution in [0.2, 0.25) is 0 Å². The van der Waals surface area contributed by atoms with E-state index in [1.165, 1.54) is 0 Å². The molecule has 8 heteroatoms. The van der Waals surface area contributed by atoms with Crippen LogP contribution in [0.1, 0.15) is 22.7 Å². The molecule has 1 aromatic heterocycles. The SMILES string of the molecule is N#CC1=C(N)Oc2n[nH]c(C(F)(F)F)c2C1c1ccc2ccccc2c1. The quantitative estimate of drug-likeness (QED) is 0.694. The number of nitrogens with zero attached hydrogens (tertiary/aromatic N) is 2. The van der Waals surface area contributed by atoms with Crippen LogP contribution in [0.15, 0.2) is 53.9 Å². The highest BCUT2D eigenvalue weighted by molar-refractivity contribution is 5.83. The second-order valence-electron chi connectivity index (χ2n) is 5.85. The summed E-state index contributed by atoms with van der Waals surface area (Å²) in [5, 5.41) is 16.8. The van der Waals surface area contributed by atoms with Crippen molar-refractivity contribution in [1.29, 1.82) is 5.26 Å². The molecule has 0 saturated heterocycles. The molecule has 0 fully saturated rings. The summed E-state index contributed by atoms with van der Waals surface area (Å²) in [5.41, 5.74) is 4.89. The number of nitriles is 1. The monoisotopic (exact) mass is 356 g/mol. The van der Waals surface area contributed by atoms with Crippen molar-refractivity contribution in [1.82, 2.24) is 10.2 Å². The zero-order valence-electron chi connectivity index (χ0n) is 13.1. The highest BCUT2D eigenvalue weighted by Gasteiger charge is 2.44.